The monoisotopic (exact) mass is 278 g/mol. The molecule has 0 aromatic heterocycles. The van der Waals surface area contributed by atoms with Crippen LogP contribution in [0, 0.1) is 0 Å². The van der Waals surface area contributed by atoms with Gasteiger partial charge in [0.2, 0.25) is 0 Å². The molecule has 14 heavy (non-hydrogen) atoms. The second-order valence-electron chi connectivity index (χ2n) is 2.24. The van der Waals surface area contributed by atoms with E-state index in [4.69, 9.17) is 20.4 Å². The summed E-state index contributed by atoms with van der Waals surface area (Å²) in [5, 5.41) is 35.3. The zero-order valence-electron chi connectivity index (χ0n) is 7.40. The molecule has 0 aliphatic rings. The van der Waals surface area contributed by atoms with Crippen molar-refractivity contribution in [3.05, 3.63) is 0 Å². The molecule has 0 fully saturated rings. The standard InChI is InChI=1S/C6H14O4S4/c7-1-5(8)2-11-13-4-14-12-3-6(9)10/h5-10H,1-4H2. The topological polar surface area (TPSA) is 80.9 Å². The zero-order chi connectivity index (χ0) is 10.8. The maximum atomic E-state index is 8.97. The largest absolute Gasteiger partial charge is 0.394 e. The van der Waals surface area contributed by atoms with Gasteiger partial charge >= 0.3 is 0 Å². The molecule has 1 atom stereocenters. The van der Waals surface area contributed by atoms with Crippen LogP contribution in [0.2, 0.25) is 0 Å². The molecule has 0 radical (unpaired) electrons. The van der Waals surface area contributed by atoms with E-state index in [-0.39, 0.29) is 6.61 Å². The lowest BCUT2D eigenvalue weighted by Crippen LogP contribution is -2.13. The molecule has 0 aromatic carbocycles. The van der Waals surface area contributed by atoms with E-state index in [1.807, 2.05) is 0 Å². The highest BCUT2D eigenvalue weighted by atomic mass is 33.1. The van der Waals surface area contributed by atoms with Crippen LogP contribution in [0.1, 0.15) is 0 Å². The third kappa shape index (κ3) is 11.3. The van der Waals surface area contributed by atoms with Crippen LogP contribution < -0.4 is 0 Å². The van der Waals surface area contributed by atoms with E-state index in [9.17, 15) is 0 Å². The van der Waals surface area contributed by atoms with Gasteiger partial charge in [-0.3, -0.25) is 0 Å². The molecular formula is C6H14O4S4. The summed E-state index contributed by atoms with van der Waals surface area (Å²) >= 11 is 0. The van der Waals surface area contributed by atoms with E-state index in [1.165, 1.54) is 32.4 Å². The lowest BCUT2D eigenvalue weighted by Gasteiger charge is -2.05. The van der Waals surface area contributed by atoms with Crippen LogP contribution in [-0.2, 0) is 0 Å². The molecule has 4 nitrogen and oxygen atoms in total. The van der Waals surface area contributed by atoms with Gasteiger partial charge in [-0.25, -0.2) is 0 Å². The molecule has 0 saturated heterocycles. The van der Waals surface area contributed by atoms with Crippen LogP contribution in [0.15, 0.2) is 0 Å². The summed E-state index contributed by atoms with van der Waals surface area (Å²) in [7, 11) is 6.00. The van der Waals surface area contributed by atoms with Crippen molar-refractivity contribution < 1.29 is 20.4 Å². The average Bonchev–Trinajstić information content (AvgIpc) is 2.15. The molecule has 4 N–H and O–H groups in total. The molecule has 0 bridgehead atoms. The van der Waals surface area contributed by atoms with E-state index < -0.39 is 12.4 Å². The fourth-order valence-corrected chi connectivity index (χ4v) is 5.71. The first kappa shape index (κ1) is 15.2. The lowest BCUT2D eigenvalue weighted by molar-refractivity contribution is -0.0184. The fraction of sp³-hybridized carbons (Fsp3) is 1.00. The molecule has 0 aliphatic heterocycles. The summed E-state index contributed by atoms with van der Waals surface area (Å²) in [6, 6.07) is 0. The summed E-state index contributed by atoms with van der Waals surface area (Å²) in [6.07, 6.45) is -1.90. The van der Waals surface area contributed by atoms with Crippen molar-refractivity contribution in [3.63, 3.8) is 0 Å². The first-order valence-electron chi connectivity index (χ1n) is 3.80. The zero-order valence-corrected chi connectivity index (χ0v) is 10.7. The maximum Gasteiger partial charge on any atom is 0.161 e. The van der Waals surface area contributed by atoms with Crippen molar-refractivity contribution >= 4 is 43.2 Å². The Morgan fingerprint density at radius 1 is 0.857 bits per heavy atom. The average molecular weight is 278 g/mol. The van der Waals surface area contributed by atoms with Crippen LogP contribution in [0.5, 0.6) is 0 Å². The molecule has 0 amide bonds. The van der Waals surface area contributed by atoms with E-state index in [0.717, 1.165) is 5.08 Å². The van der Waals surface area contributed by atoms with Gasteiger partial charge in [0.15, 0.2) is 6.29 Å². The predicted octanol–water partition coefficient (Wildman–Crippen LogP) is 0.371. The smallest absolute Gasteiger partial charge is 0.161 e. The molecule has 0 aliphatic carbocycles. The van der Waals surface area contributed by atoms with Gasteiger partial charge in [0.25, 0.3) is 0 Å². The molecule has 0 spiro atoms. The van der Waals surface area contributed by atoms with Crippen molar-refractivity contribution in [1.82, 2.24) is 0 Å². The molecule has 0 saturated carbocycles. The Morgan fingerprint density at radius 2 is 1.43 bits per heavy atom. The van der Waals surface area contributed by atoms with Crippen molar-refractivity contribution in [3.8, 4) is 0 Å². The van der Waals surface area contributed by atoms with Gasteiger partial charge in [0, 0.05) is 5.75 Å². The summed E-state index contributed by atoms with van der Waals surface area (Å²) in [5.74, 6) is 0.810. The van der Waals surface area contributed by atoms with Crippen LogP contribution in [0.3, 0.4) is 0 Å². The number of aliphatic hydroxyl groups is 4. The van der Waals surface area contributed by atoms with Gasteiger partial charge in [-0.2, -0.15) is 0 Å². The van der Waals surface area contributed by atoms with E-state index in [2.05, 4.69) is 0 Å². The number of aliphatic hydroxyl groups excluding tert-OH is 3. The Kier molecular flexibility index (Phi) is 11.7. The quantitative estimate of drug-likeness (QED) is 0.274. The predicted molar refractivity (Wildman–Crippen MR) is 66.3 cm³/mol. The lowest BCUT2D eigenvalue weighted by atomic mass is 10.4. The molecule has 0 rings (SSSR count). The highest BCUT2D eigenvalue weighted by Crippen LogP contribution is 2.32. The van der Waals surface area contributed by atoms with Gasteiger partial charge < -0.3 is 20.4 Å². The Balaban J connectivity index is 2.99. The highest BCUT2D eigenvalue weighted by molar-refractivity contribution is 8.85. The number of hydrogen-bond acceptors (Lipinski definition) is 8. The van der Waals surface area contributed by atoms with Gasteiger partial charge in [-0.15, -0.1) is 0 Å². The molecule has 0 heterocycles. The van der Waals surface area contributed by atoms with E-state index in [0.29, 0.717) is 11.5 Å². The Hall–Kier alpha value is 1.24. The van der Waals surface area contributed by atoms with Crippen molar-refractivity contribution in [2.45, 2.75) is 12.4 Å². The van der Waals surface area contributed by atoms with Gasteiger partial charge in [-0.1, -0.05) is 43.2 Å². The van der Waals surface area contributed by atoms with E-state index in [1.54, 1.807) is 10.8 Å². The molecule has 8 heteroatoms. The van der Waals surface area contributed by atoms with Crippen molar-refractivity contribution in [2.24, 2.45) is 0 Å². The minimum Gasteiger partial charge on any atom is -0.394 e. The van der Waals surface area contributed by atoms with Crippen LogP contribution in [0.4, 0.5) is 0 Å². The minimum atomic E-state index is -1.25. The minimum absolute atomic E-state index is 0.202. The van der Waals surface area contributed by atoms with Gasteiger partial charge in [-0.05, 0) is 0 Å². The van der Waals surface area contributed by atoms with Crippen molar-refractivity contribution in [1.29, 1.82) is 0 Å². The summed E-state index contributed by atoms with van der Waals surface area (Å²) in [6.45, 7) is -0.202. The van der Waals surface area contributed by atoms with Crippen LogP contribution >= 0.6 is 43.2 Å². The number of rotatable bonds is 9. The molecular weight excluding hydrogens is 264 g/mol. The third-order valence-corrected chi connectivity index (χ3v) is 6.56. The second-order valence-corrected chi connectivity index (χ2v) is 7.62. The Morgan fingerprint density at radius 3 is 1.93 bits per heavy atom. The molecule has 1 unspecified atom stereocenters. The SMILES string of the molecule is OCC(O)CSSCSSCC(O)O. The maximum absolute atomic E-state index is 8.97. The van der Waals surface area contributed by atoms with E-state index >= 15 is 0 Å². The molecule has 86 valence electrons. The summed E-state index contributed by atoms with van der Waals surface area (Å²) in [4.78, 5) is 0. The highest BCUT2D eigenvalue weighted by Gasteiger charge is 2.02. The normalized spacial score (nSPS) is 13.5. The third-order valence-electron chi connectivity index (χ3n) is 0.951. The van der Waals surface area contributed by atoms with Gasteiger partial charge in [0.05, 0.1) is 23.5 Å². The van der Waals surface area contributed by atoms with Crippen LogP contribution in [0.25, 0.3) is 0 Å². The summed E-state index contributed by atoms with van der Waals surface area (Å²) in [5.41, 5.74) is 0. The Bertz CT molecular complexity index is 126. The fourth-order valence-electron chi connectivity index (χ4n) is 0.376. The number of hydrogen-bond donors (Lipinski definition) is 4. The first-order valence-corrected chi connectivity index (χ1v) is 8.78. The van der Waals surface area contributed by atoms with Crippen molar-refractivity contribution in [2.75, 3.05) is 23.2 Å². The molecule has 0 aromatic rings. The second kappa shape index (κ2) is 10.7. The van der Waals surface area contributed by atoms with Gasteiger partial charge in [0.1, 0.15) is 0 Å². The Labute approximate surface area is 99.0 Å². The summed E-state index contributed by atoms with van der Waals surface area (Å²) < 4.78 is 0. The first-order chi connectivity index (χ1) is 6.66. The van der Waals surface area contributed by atoms with Crippen LogP contribution in [-0.4, -0.2) is 56.0 Å².